The van der Waals surface area contributed by atoms with E-state index in [1.165, 1.54) is 11.1 Å². The zero-order chi connectivity index (χ0) is 22.2. The molecule has 0 amide bonds. The second kappa shape index (κ2) is 11.3. The number of rotatable bonds is 10. The van der Waals surface area contributed by atoms with Crippen LogP contribution in [0.1, 0.15) is 40.7 Å². The summed E-state index contributed by atoms with van der Waals surface area (Å²) in [4.78, 5) is 13.1. The van der Waals surface area contributed by atoms with E-state index in [0.29, 0.717) is 6.42 Å². The van der Waals surface area contributed by atoms with Crippen LogP contribution in [0.25, 0.3) is 0 Å². The van der Waals surface area contributed by atoms with Gasteiger partial charge in [-0.2, -0.15) is 0 Å². The SMILES string of the molecule is C[C@@H]([C](=[Cr])N(Cc1ccccc1)N(C)C)[C@@H](CC(=O)c1ccccc1)c1ccccc1. The minimum atomic E-state index is 0.0726. The first-order valence-electron chi connectivity index (χ1n) is 10.6. The van der Waals surface area contributed by atoms with Crippen molar-refractivity contribution >= 4 is 10.3 Å². The van der Waals surface area contributed by atoms with E-state index < -0.39 is 0 Å². The number of benzene rings is 3. The van der Waals surface area contributed by atoms with Crippen LogP contribution in [0.3, 0.4) is 0 Å². The van der Waals surface area contributed by atoms with E-state index in [4.69, 9.17) is 0 Å². The molecule has 0 radical (unpaired) electrons. The summed E-state index contributed by atoms with van der Waals surface area (Å²) in [5, 5.41) is 4.36. The molecule has 0 aromatic heterocycles. The molecule has 160 valence electrons. The molecule has 0 fully saturated rings. The summed E-state index contributed by atoms with van der Waals surface area (Å²) in [6, 6.07) is 30.4. The molecule has 0 aliphatic carbocycles. The average molecular weight is 451 g/mol. The number of ketones is 1. The van der Waals surface area contributed by atoms with Crippen LogP contribution in [0.4, 0.5) is 0 Å². The fourth-order valence-electron chi connectivity index (χ4n) is 3.81. The number of nitrogens with zero attached hydrogens (tertiary/aromatic N) is 2. The van der Waals surface area contributed by atoms with Crippen molar-refractivity contribution in [3.63, 3.8) is 0 Å². The molecule has 3 rings (SSSR count). The van der Waals surface area contributed by atoms with Crippen LogP contribution >= 0.6 is 0 Å². The maximum absolute atomic E-state index is 13.1. The van der Waals surface area contributed by atoms with Crippen molar-refractivity contribution in [3.8, 4) is 0 Å². The van der Waals surface area contributed by atoms with Crippen LogP contribution in [0.5, 0.6) is 0 Å². The second-order valence-corrected chi connectivity index (χ2v) is 8.68. The van der Waals surface area contributed by atoms with Crippen molar-refractivity contribution in [2.75, 3.05) is 14.1 Å². The van der Waals surface area contributed by atoms with Gasteiger partial charge in [0.05, 0.1) is 0 Å². The molecule has 31 heavy (non-hydrogen) atoms. The van der Waals surface area contributed by atoms with Gasteiger partial charge in [-0.25, -0.2) is 0 Å². The zero-order valence-corrected chi connectivity index (χ0v) is 19.7. The predicted octanol–water partition coefficient (Wildman–Crippen LogP) is 5.33. The molecule has 0 spiro atoms. The third-order valence-electron chi connectivity index (χ3n) is 5.63. The van der Waals surface area contributed by atoms with Crippen LogP contribution in [-0.2, 0) is 22.4 Å². The van der Waals surface area contributed by atoms with Gasteiger partial charge in [0, 0.05) is 0 Å². The summed E-state index contributed by atoms with van der Waals surface area (Å²) in [5.74, 6) is 0.387. The van der Waals surface area contributed by atoms with E-state index in [1.807, 2.05) is 42.5 Å². The Labute approximate surface area is 194 Å². The fourth-order valence-corrected chi connectivity index (χ4v) is 4.42. The van der Waals surface area contributed by atoms with Crippen molar-refractivity contribution in [1.82, 2.24) is 10.0 Å². The standard InChI is InChI=1S/C27H30N2O.Cr/c1-22(20-29(28(2)3)21-23-13-7-4-8-14-23)26(24-15-9-5-10-16-24)19-27(30)25-17-11-6-12-18-25;/h4-18,22,26H,19,21H2,1-3H3;/t22-,26+;/m0./s1. The van der Waals surface area contributed by atoms with E-state index in [0.717, 1.165) is 16.6 Å². The van der Waals surface area contributed by atoms with Gasteiger partial charge in [-0.1, -0.05) is 0 Å². The van der Waals surface area contributed by atoms with Gasteiger partial charge in [0.15, 0.2) is 0 Å². The topological polar surface area (TPSA) is 23.6 Å². The molecule has 3 aromatic rings. The molecule has 3 aromatic carbocycles. The molecule has 0 aliphatic heterocycles. The third kappa shape index (κ3) is 6.32. The first-order valence-corrected chi connectivity index (χ1v) is 11.3. The summed E-state index contributed by atoms with van der Waals surface area (Å²) in [6.07, 6.45) is 0.465. The van der Waals surface area contributed by atoms with Crippen LogP contribution < -0.4 is 0 Å². The molecule has 0 N–H and O–H groups in total. The predicted molar refractivity (Wildman–Crippen MR) is 124 cm³/mol. The summed E-state index contributed by atoms with van der Waals surface area (Å²) in [5.41, 5.74) is 3.20. The van der Waals surface area contributed by atoms with Crippen molar-refractivity contribution in [3.05, 3.63) is 108 Å². The second-order valence-electron chi connectivity index (χ2n) is 8.03. The summed E-state index contributed by atoms with van der Waals surface area (Å²) >= 11 is 3.33. The number of carbonyl (C=O) groups excluding carboxylic acids is 1. The van der Waals surface area contributed by atoms with Gasteiger partial charge in [0.1, 0.15) is 0 Å². The average Bonchev–Trinajstić information content (AvgIpc) is 2.81. The molecule has 0 saturated carbocycles. The minimum absolute atomic E-state index is 0.0726. The number of carbonyl (C=O) groups is 1. The normalized spacial score (nSPS) is 13.2. The maximum atomic E-state index is 13.1. The van der Waals surface area contributed by atoms with Crippen molar-refractivity contribution in [1.29, 1.82) is 0 Å². The van der Waals surface area contributed by atoms with E-state index in [2.05, 4.69) is 95.4 Å². The van der Waals surface area contributed by atoms with E-state index in [-0.39, 0.29) is 17.6 Å². The van der Waals surface area contributed by atoms with Crippen LogP contribution in [-0.4, -0.2) is 34.4 Å². The Morgan fingerprint density at radius 2 is 1.35 bits per heavy atom. The van der Waals surface area contributed by atoms with Crippen molar-refractivity contribution in [2.24, 2.45) is 5.92 Å². The number of Topliss-reactive ketones (excluding diaryl/α,β-unsaturated/α-hetero) is 1. The summed E-state index contributed by atoms with van der Waals surface area (Å²) in [6.45, 7) is 2.98. The molecule has 0 saturated heterocycles. The van der Waals surface area contributed by atoms with Gasteiger partial charge in [-0.05, 0) is 0 Å². The van der Waals surface area contributed by atoms with Gasteiger partial charge in [0.25, 0.3) is 0 Å². The molecule has 2 atom stereocenters. The monoisotopic (exact) mass is 450 g/mol. The summed E-state index contributed by atoms with van der Waals surface area (Å²) < 4.78 is 1.13. The molecule has 0 aliphatic rings. The van der Waals surface area contributed by atoms with Crippen LogP contribution in [0.15, 0.2) is 91.0 Å². The molecule has 0 unspecified atom stereocenters. The molecule has 0 heterocycles. The van der Waals surface area contributed by atoms with Gasteiger partial charge >= 0.3 is 194 Å². The molecular weight excluding hydrogens is 420 g/mol. The van der Waals surface area contributed by atoms with E-state index >= 15 is 0 Å². The van der Waals surface area contributed by atoms with Crippen molar-refractivity contribution in [2.45, 2.75) is 25.8 Å². The number of hydrogen-bond donors (Lipinski definition) is 0. The number of hydrazine groups is 1. The van der Waals surface area contributed by atoms with Gasteiger partial charge in [0.2, 0.25) is 0 Å². The fraction of sp³-hybridized carbons (Fsp3) is 0.259. The Balaban J connectivity index is 1.86. The summed E-state index contributed by atoms with van der Waals surface area (Å²) in [7, 11) is 4.11. The third-order valence-corrected chi connectivity index (χ3v) is 6.54. The molecular formula is C27H30CrN2O. The quantitative estimate of drug-likeness (QED) is 0.308. The first-order chi connectivity index (χ1) is 15.0. The molecule has 0 bridgehead atoms. The van der Waals surface area contributed by atoms with Gasteiger partial charge in [-0.15, -0.1) is 0 Å². The van der Waals surface area contributed by atoms with Gasteiger partial charge in [-0.3, -0.25) is 0 Å². The van der Waals surface area contributed by atoms with E-state index in [1.54, 1.807) is 0 Å². The molecule has 3 nitrogen and oxygen atoms in total. The van der Waals surface area contributed by atoms with Crippen LogP contribution in [0, 0.1) is 5.92 Å². The molecule has 4 heteroatoms. The van der Waals surface area contributed by atoms with E-state index in [9.17, 15) is 4.79 Å². The zero-order valence-electron chi connectivity index (χ0n) is 18.4. The Hall–Kier alpha value is -2.35. The first kappa shape index (κ1) is 23.3. The van der Waals surface area contributed by atoms with Crippen LogP contribution in [0.2, 0.25) is 0 Å². The van der Waals surface area contributed by atoms with Gasteiger partial charge < -0.3 is 0 Å². The Bertz CT molecular complexity index is 974. The Morgan fingerprint density at radius 3 is 1.90 bits per heavy atom. The Kier molecular flexibility index (Phi) is 8.52. The van der Waals surface area contributed by atoms with Crippen molar-refractivity contribution < 1.29 is 20.6 Å². The number of hydrogen-bond acceptors (Lipinski definition) is 3. The Morgan fingerprint density at radius 1 is 0.839 bits per heavy atom.